The molecule has 5 nitrogen and oxygen atoms in total. The van der Waals surface area contributed by atoms with Crippen LogP contribution in [0.15, 0.2) is 34.9 Å². The Hall–Kier alpha value is -2.14. The summed E-state index contributed by atoms with van der Waals surface area (Å²) in [7, 11) is 0. The second kappa shape index (κ2) is 7.40. The highest BCUT2D eigenvalue weighted by Gasteiger charge is 2.38. The zero-order valence-corrected chi connectivity index (χ0v) is 14.9. The number of hydrogen-bond donors (Lipinski definition) is 2. The lowest BCUT2D eigenvalue weighted by Crippen LogP contribution is -2.44. The number of hydrogen-bond acceptors (Lipinski definition) is 4. The van der Waals surface area contributed by atoms with E-state index >= 15 is 0 Å². The lowest BCUT2D eigenvalue weighted by molar-refractivity contribution is -0.122. The number of aliphatic hydroxyl groups excluding tert-OH is 1. The lowest BCUT2D eigenvalue weighted by Gasteiger charge is -2.30. The molecule has 0 bridgehead atoms. The zero-order chi connectivity index (χ0) is 17.9. The molecule has 1 aliphatic carbocycles. The van der Waals surface area contributed by atoms with E-state index in [1.54, 1.807) is 6.20 Å². The minimum atomic E-state index is -0.197. The summed E-state index contributed by atoms with van der Waals surface area (Å²) in [5.74, 6) is 1.28. The summed E-state index contributed by atoms with van der Waals surface area (Å²) in [6.07, 6.45) is 5.44. The molecule has 5 heteroatoms. The van der Waals surface area contributed by atoms with Gasteiger partial charge in [0, 0.05) is 29.9 Å². The van der Waals surface area contributed by atoms with Crippen LogP contribution in [0.2, 0.25) is 0 Å². The molecule has 2 N–H and O–H groups in total. The van der Waals surface area contributed by atoms with Crippen molar-refractivity contribution >= 4 is 5.91 Å². The van der Waals surface area contributed by atoms with Gasteiger partial charge in [-0.25, -0.2) is 4.98 Å². The summed E-state index contributed by atoms with van der Waals surface area (Å²) in [5, 5.41) is 12.6. The third-order valence-electron chi connectivity index (χ3n) is 5.23. The molecule has 1 fully saturated rings. The van der Waals surface area contributed by atoms with E-state index in [9.17, 15) is 9.90 Å². The maximum Gasteiger partial charge on any atom is 0.220 e. The highest BCUT2D eigenvalue weighted by molar-refractivity contribution is 5.76. The van der Waals surface area contributed by atoms with Gasteiger partial charge in [-0.15, -0.1) is 0 Å². The SMILES string of the molecule is Cc1ccc(-c2cnc(CCC(=O)NC3CCCC3(C)CO)o2)cc1. The first-order valence-corrected chi connectivity index (χ1v) is 8.92. The van der Waals surface area contributed by atoms with Crippen molar-refractivity contribution in [2.45, 2.75) is 52.0 Å². The fourth-order valence-corrected chi connectivity index (χ4v) is 3.43. The van der Waals surface area contributed by atoms with Gasteiger partial charge in [-0.05, 0) is 19.8 Å². The first-order chi connectivity index (χ1) is 12.0. The van der Waals surface area contributed by atoms with Crippen molar-refractivity contribution in [1.29, 1.82) is 0 Å². The average Bonchev–Trinajstić information content (AvgIpc) is 3.22. The third kappa shape index (κ3) is 4.10. The van der Waals surface area contributed by atoms with Crippen molar-refractivity contribution in [2.24, 2.45) is 5.41 Å². The maximum absolute atomic E-state index is 12.2. The number of oxazole rings is 1. The van der Waals surface area contributed by atoms with Crippen molar-refractivity contribution in [3.8, 4) is 11.3 Å². The number of aryl methyl sites for hydroxylation is 2. The number of nitrogens with zero attached hydrogens (tertiary/aromatic N) is 1. The van der Waals surface area contributed by atoms with E-state index in [2.05, 4.69) is 10.3 Å². The molecule has 0 spiro atoms. The van der Waals surface area contributed by atoms with E-state index in [0.29, 0.717) is 18.7 Å². The molecular formula is C20H26N2O3. The monoisotopic (exact) mass is 342 g/mol. The van der Waals surface area contributed by atoms with Crippen LogP contribution in [0.25, 0.3) is 11.3 Å². The van der Waals surface area contributed by atoms with Crippen LogP contribution < -0.4 is 5.32 Å². The standard InChI is InChI=1S/C20H26N2O3/c1-14-5-7-15(8-6-14)16-12-21-19(25-16)10-9-18(24)22-17-4-3-11-20(17,2)13-23/h5-8,12,17,23H,3-4,9-11,13H2,1-2H3,(H,22,24). The molecule has 1 aliphatic rings. The van der Waals surface area contributed by atoms with Crippen molar-refractivity contribution < 1.29 is 14.3 Å². The highest BCUT2D eigenvalue weighted by atomic mass is 16.4. The molecule has 0 radical (unpaired) electrons. The summed E-state index contributed by atoms with van der Waals surface area (Å²) >= 11 is 0. The van der Waals surface area contributed by atoms with Crippen LogP contribution >= 0.6 is 0 Å². The number of aliphatic hydroxyl groups is 1. The van der Waals surface area contributed by atoms with E-state index in [-0.39, 0.29) is 24.0 Å². The topological polar surface area (TPSA) is 75.4 Å². The van der Waals surface area contributed by atoms with Gasteiger partial charge in [-0.3, -0.25) is 4.79 Å². The number of rotatable bonds is 6. The Bertz CT molecular complexity index is 723. The summed E-state index contributed by atoms with van der Waals surface area (Å²) in [5.41, 5.74) is 1.98. The van der Waals surface area contributed by atoms with Gasteiger partial charge in [0.05, 0.1) is 12.8 Å². The molecule has 1 saturated carbocycles. The molecule has 2 aromatic rings. The molecule has 1 heterocycles. The quantitative estimate of drug-likeness (QED) is 0.845. The summed E-state index contributed by atoms with van der Waals surface area (Å²) < 4.78 is 5.76. The Kier molecular flexibility index (Phi) is 5.23. The Morgan fingerprint density at radius 2 is 2.16 bits per heavy atom. The minimum absolute atomic E-state index is 0.0124. The van der Waals surface area contributed by atoms with Gasteiger partial charge in [0.15, 0.2) is 11.7 Å². The molecule has 2 unspecified atom stereocenters. The molecule has 3 rings (SSSR count). The minimum Gasteiger partial charge on any atom is -0.441 e. The van der Waals surface area contributed by atoms with Crippen molar-refractivity contribution in [3.05, 3.63) is 41.9 Å². The van der Waals surface area contributed by atoms with E-state index in [0.717, 1.165) is 30.6 Å². The van der Waals surface area contributed by atoms with Crippen LogP contribution in [0.3, 0.4) is 0 Å². The molecule has 0 saturated heterocycles. The fourth-order valence-electron chi connectivity index (χ4n) is 3.43. The first-order valence-electron chi connectivity index (χ1n) is 8.92. The van der Waals surface area contributed by atoms with Crippen LogP contribution in [-0.2, 0) is 11.2 Å². The highest BCUT2D eigenvalue weighted by Crippen LogP contribution is 2.37. The number of nitrogens with one attached hydrogen (secondary N) is 1. The number of benzene rings is 1. The molecule has 134 valence electrons. The predicted octanol–water partition coefficient (Wildman–Crippen LogP) is 3.25. The Balaban J connectivity index is 1.53. The van der Waals surface area contributed by atoms with Gasteiger partial charge in [0.2, 0.25) is 5.91 Å². The van der Waals surface area contributed by atoms with Crippen molar-refractivity contribution in [2.75, 3.05) is 6.61 Å². The van der Waals surface area contributed by atoms with Crippen LogP contribution in [0.5, 0.6) is 0 Å². The van der Waals surface area contributed by atoms with Crippen LogP contribution in [0.1, 0.15) is 44.1 Å². The van der Waals surface area contributed by atoms with Gasteiger partial charge in [0.25, 0.3) is 0 Å². The van der Waals surface area contributed by atoms with E-state index in [1.807, 2.05) is 38.1 Å². The molecule has 1 amide bonds. The molecular weight excluding hydrogens is 316 g/mol. The van der Waals surface area contributed by atoms with E-state index in [4.69, 9.17) is 4.42 Å². The van der Waals surface area contributed by atoms with Crippen molar-refractivity contribution in [3.63, 3.8) is 0 Å². The predicted molar refractivity (Wildman–Crippen MR) is 96.0 cm³/mol. The second-order valence-corrected chi connectivity index (χ2v) is 7.31. The van der Waals surface area contributed by atoms with Crippen LogP contribution in [-0.4, -0.2) is 28.6 Å². The molecule has 0 aliphatic heterocycles. The van der Waals surface area contributed by atoms with Crippen molar-refractivity contribution in [1.82, 2.24) is 10.3 Å². The molecule has 1 aromatic heterocycles. The Labute approximate surface area is 148 Å². The number of amides is 1. The van der Waals surface area contributed by atoms with Gasteiger partial charge >= 0.3 is 0 Å². The third-order valence-corrected chi connectivity index (χ3v) is 5.23. The lowest BCUT2D eigenvalue weighted by atomic mass is 9.86. The fraction of sp³-hybridized carbons (Fsp3) is 0.500. The molecule has 25 heavy (non-hydrogen) atoms. The number of aromatic nitrogens is 1. The normalized spacial score (nSPS) is 22.9. The van der Waals surface area contributed by atoms with E-state index < -0.39 is 0 Å². The molecule has 2 atom stereocenters. The largest absolute Gasteiger partial charge is 0.441 e. The maximum atomic E-state index is 12.2. The first kappa shape index (κ1) is 17.7. The number of carbonyl (C=O) groups is 1. The van der Waals surface area contributed by atoms with Gasteiger partial charge in [0.1, 0.15) is 0 Å². The van der Waals surface area contributed by atoms with E-state index in [1.165, 1.54) is 5.56 Å². The summed E-state index contributed by atoms with van der Waals surface area (Å²) in [6.45, 7) is 4.19. The Morgan fingerprint density at radius 1 is 1.40 bits per heavy atom. The van der Waals surface area contributed by atoms with Crippen LogP contribution in [0.4, 0.5) is 0 Å². The average molecular weight is 342 g/mol. The smallest absolute Gasteiger partial charge is 0.220 e. The Morgan fingerprint density at radius 3 is 2.88 bits per heavy atom. The number of carbonyl (C=O) groups excluding carboxylic acids is 1. The van der Waals surface area contributed by atoms with Gasteiger partial charge in [-0.2, -0.15) is 0 Å². The summed E-state index contributed by atoms with van der Waals surface area (Å²) in [4.78, 5) is 16.5. The summed E-state index contributed by atoms with van der Waals surface area (Å²) in [6, 6.07) is 8.12. The second-order valence-electron chi connectivity index (χ2n) is 7.31. The van der Waals surface area contributed by atoms with Gasteiger partial charge in [-0.1, -0.05) is 43.2 Å². The van der Waals surface area contributed by atoms with Gasteiger partial charge < -0.3 is 14.8 Å². The van der Waals surface area contributed by atoms with Crippen LogP contribution in [0, 0.1) is 12.3 Å². The zero-order valence-electron chi connectivity index (χ0n) is 14.9. The molecule has 1 aromatic carbocycles.